The molecule has 10 aromatic rings. The van der Waals surface area contributed by atoms with E-state index in [2.05, 4.69) is 220 Å². The highest BCUT2D eigenvalue weighted by Gasteiger charge is 2.36. The van der Waals surface area contributed by atoms with E-state index in [4.69, 9.17) is 4.42 Å². The number of rotatable bonds is 7. The van der Waals surface area contributed by atoms with Crippen LogP contribution in [0.4, 0.5) is 17.1 Å². The highest BCUT2D eigenvalue weighted by atomic mass is 16.3. The Morgan fingerprint density at radius 3 is 1.43 bits per heavy atom. The number of furan rings is 1. The third-order valence-electron chi connectivity index (χ3n) is 12.6. The van der Waals surface area contributed by atoms with Crippen molar-refractivity contribution in [2.75, 3.05) is 4.90 Å². The average Bonchev–Trinajstić information content (AvgIpc) is 3.78. The maximum Gasteiger partial charge on any atom is 0.135 e. The summed E-state index contributed by atoms with van der Waals surface area (Å²) in [5.41, 5.74) is 21.2. The molecule has 11 rings (SSSR count). The second-order valence-corrected chi connectivity index (χ2v) is 16.7. The minimum atomic E-state index is -0.175. The molecule has 286 valence electrons. The van der Waals surface area contributed by atoms with Gasteiger partial charge in [-0.2, -0.15) is 0 Å². The van der Waals surface area contributed by atoms with Gasteiger partial charge in [-0.15, -0.1) is 0 Å². The molecular weight excluding hydrogens is 727 g/mol. The summed E-state index contributed by atoms with van der Waals surface area (Å²) in [4.78, 5) is 2.40. The van der Waals surface area contributed by atoms with Crippen LogP contribution in [0.5, 0.6) is 0 Å². The first-order valence-electron chi connectivity index (χ1n) is 20.8. The molecule has 0 N–H and O–H groups in total. The number of hydrogen-bond acceptors (Lipinski definition) is 2. The maximum atomic E-state index is 6.14. The van der Waals surface area contributed by atoms with Crippen LogP contribution >= 0.6 is 0 Å². The molecule has 0 atom stereocenters. The lowest BCUT2D eigenvalue weighted by Gasteiger charge is -2.28. The lowest BCUT2D eigenvalue weighted by Crippen LogP contribution is -2.16. The molecule has 1 aliphatic rings. The summed E-state index contributed by atoms with van der Waals surface area (Å²) in [6, 6.07) is 75.2. The van der Waals surface area contributed by atoms with E-state index < -0.39 is 0 Å². The summed E-state index contributed by atoms with van der Waals surface area (Å²) in [7, 11) is 0. The molecule has 60 heavy (non-hydrogen) atoms. The summed E-state index contributed by atoms with van der Waals surface area (Å²) in [6.07, 6.45) is 0. The zero-order chi connectivity index (χ0) is 40.4. The second kappa shape index (κ2) is 14.1. The van der Waals surface area contributed by atoms with Crippen LogP contribution in [0.25, 0.3) is 77.6 Å². The Morgan fingerprint density at radius 2 is 0.783 bits per heavy atom. The molecule has 1 aliphatic carbocycles. The fraction of sp³-hybridized carbons (Fsp3) is 0.0690. The lowest BCUT2D eigenvalue weighted by molar-refractivity contribution is 0.660. The predicted molar refractivity (Wildman–Crippen MR) is 252 cm³/mol. The lowest BCUT2D eigenvalue weighted by atomic mass is 9.81. The van der Waals surface area contributed by atoms with E-state index in [1.54, 1.807) is 0 Å². The number of para-hydroxylation sites is 1. The molecule has 2 nitrogen and oxygen atoms in total. The zero-order valence-corrected chi connectivity index (χ0v) is 34.0. The molecule has 0 unspecified atom stereocenters. The van der Waals surface area contributed by atoms with Gasteiger partial charge in [-0.3, -0.25) is 0 Å². The molecule has 1 heterocycles. The van der Waals surface area contributed by atoms with Crippen molar-refractivity contribution in [1.29, 1.82) is 0 Å². The van der Waals surface area contributed by atoms with Crippen molar-refractivity contribution < 1.29 is 4.42 Å². The Morgan fingerprint density at radius 1 is 0.350 bits per heavy atom. The molecule has 1 aromatic heterocycles. The van der Waals surface area contributed by atoms with Crippen LogP contribution in [0.2, 0.25) is 0 Å². The summed E-state index contributed by atoms with van der Waals surface area (Å²) in [5, 5.41) is 2.28. The number of hydrogen-bond donors (Lipinski definition) is 0. The van der Waals surface area contributed by atoms with E-state index in [1.165, 1.54) is 61.2 Å². The van der Waals surface area contributed by atoms with Gasteiger partial charge in [0, 0.05) is 33.2 Å². The molecule has 0 aliphatic heterocycles. The van der Waals surface area contributed by atoms with Gasteiger partial charge >= 0.3 is 0 Å². The highest BCUT2D eigenvalue weighted by Crippen LogP contribution is 2.52. The van der Waals surface area contributed by atoms with E-state index in [0.717, 1.165) is 50.1 Å². The molecule has 2 heteroatoms. The molecule has 0 saturated heterocycles. The van der Waals surface area contributed by atoms with Gasteiger partial charge in [-0.25, -0.2) is 0 Å². The summed E-state index contributed by atoms with van der Waals surface area (Å²) in [6.45, 7) is 6.87. The zero-order valence-electron chi connectivity index (χ0n) is 34.0. The highest BCUT2D eigenvalue weighted by molar-refractivity contribution is 6.06. The van der Waals surface area contributed by atoms with E-state index in [1.807, 2.05) is 12.1 Å². The van der Waals surface area contributed by atoms with Gasteiger partial charge in [-0.1, -0.05) is 165 Å². The van der Waals surface area contributed by atoms with E-state index in [-0.39, 0.29) is 5.41 Å². The maximum absolute atomic E-state index is 6.14. The van der Waals surface area contributed by atoms with Crippen molar-refractivity contribution in [2.24, 2.45) is 0 Å². The number of benzene rings is 9. The van der Waals surface area contributed by atoms with Crippen molar-refractivity contribution in [2.45, 2.75) is 26.2 Å². The van der Waals surface area contributed by atoms with Crippen LogP contribution in [-0.2, 0) is 5.41 Å². The van der Waals surface area contributed by atoms with Crippen LogP contribution in [0.3, 0.4) is 0 Å². The fourth-order valence-electron chi connectivity index (χ4n) is 9.23. The van der Waals surface area contributed by atoms with Crippen LogP contribution in [-0.4, -0.2) is 0 Å². The molecule has 0 saturated carbocycles. The molecule has 0 radical (unpaired) electrons. The average molecular weight is 770 g/mol. The Kier molecular flexibility index (Phi) is 8.42. The van der Waals surface area contributed by atoms with Crippen LogP contribution in [0.1, 0.15) is 30.5 Å². The van der Waals surface area contributed by atoms with Gasteiger partial charge in [0.15, 0.2) is 0 Å². The standard InChI is InChI=1S/C58H43NO/c1-38-13-15-40(16-14-38)41-17-19-42(20-18-41)43-21-27-47(28-22-43)59(48-29-23-44(24-30-48)45-26-34-57-53(35-45)52-11-7-8-12-56(52)60-57)49-31-33-51-50-32-25-46(39-9-5-4-6-10-39)36-54(50)58(2,3)55(51)37-49/h4-37H,1-3H3. The molecule has 0 bridgehead atoms. The number of anilines is 3. The Labute approximate surface area is 351 Å². The molecular formula is C58H43NO. The Hall–Kier alpha value is -7.42. The van der Waals surface area contributed by atoms with Gasteiger partial charge in [0.05, 0.1) is 0 Å². The van der Waals surface area contributed by atoms with Crippen molar-refractivity contribution in [1.82, 2.24) is 0 Å². The van der Waals surface area contributed by atoms with Crippen LogP contribution in [0.15, 0.2) is 211 Å². The van der Waals surface area contributed by atoms with Gasteiger partial charge in [0.2, 0.25) is 0 Å². The Bertz CT molecular complexity index is 3190. The van der Waals surface area contributed by atoms with Crippen molar-refractivity contribution in [3.05, 3.63) is 223 Å². The van der Waals surface area contributed by atoms with Gasteiger partial charge in [0.25, 0.3) is 0 Å². The minimum Gasteiger partial charge on any atom is -0.456 e. The van der Waals surface area contributed by atoms with Crippen molar-refractivity contribution in [3.8, 4) is 55.6 Å². The monoisotopic (exact) mass is 769 g/mol. The van der Waals surface area contributed by atoms with Crippen LogP contribution in [0, 0.1) is 6.92 Å². The summed E-state index contributed by atoms with van der Waals surface area (Å²) >= 11 is 0. The third kappa shape index (κ3) is 6.12. The van der Waals surface area contributed by atoms with Gasteiger partial charge in [-0.05, 0) is 134 Å². The fourth-order valence-corrected chi connectivity index (χ4v) is 9.23. The first kappa shape index (κ1) is 35.7. The summed E-state index contributed by atoms with van der Waals surface area (Å²) < 4.78 is 6.14. The second-order valence-electron chi connectivity index (χ2n) is 16.7. The van der Waals surface area contributed by atoms with Crippen LogP contribution < -0.4 is 4.90 Å². The minimum absolute atomic E-state index is 0.175. The predicted octanol–water partition coefficient (Wildman–Crippen LogP) is 16.3. The quantitative estimate of drug-likeness (QED) is 0.161. The normalized spacial score (nSPS) is 12.7. The van der Waals surface area contributed by atoms with E-state index in [9.17, 15) is 0 Å². The van der Waals surface area contributed by atoms with Crippen molar-refractivity contribution in [3.63, 3.8) is 0 Å². The third-order valence-corrected chi connectivity index (χ3v) is 12.6. The smallest absolute Gasteiger partial charge is 0.135 e. The SMILES string of the molecule is Cc1ccc(-c2ccc(-c3ccc(N(c4ccc(-c5ccc6oc7ccccc7c6c5)cc4)c4ccc5c(c4)C(C)(C)c4cc(-c6ccccc6)ccc4-5)cc3)cc2)cc1. The first-order valence-corrected chi connectivity index (χ1v) is 20.8. The number of fused-ring (bicyclic) bond motifs is 6. The molecule has 0 spiro atoms. The first-order chi connectivity index (χ1) is 29.4. The van der Waals surface area contributed by atoms with Crippen molar-refractivity contribution >= 4 is 39.0 Å². The molecule has 9 aromatic carbocycles. The topological polar surface area (TPSA) is 16.4 Å². The Balaban J connectivity index is 0.972. The van der Waals surface area contributed by atoms with E-state index >= 15 is 0 Å². The van der Waals surface area contributed by atoms with E-state index in [0.29, 0.717) is 0 Å². The van der Waals surface area contributed by atoms with Gasteiger partial charge in [0.1, 0.15) is 11.2 Å². The largest absolute Gasteiger partial charge is 0.456 e. The number of nitrogens with zero attached hydrogens (tertiary/aromatic N) is 1. The summed E-state index contributed by atoms with van der Waals surface area (Å²) in [5.74, 6) is 0. The molecule has 0 fully saturated rings. The molecule has 0 amide bonds. The number of aryl methyl sites for hydroxylation is 1. The van der Waals surface area contributed by atoms with Gasteiger partial charge < -0.3 is 9.32 Å².